The molecule has 0 aliphatic carbocycles. The van der Waals surface area contributed by atoms with Gasteiger partial charge in [-0.3, -0.25) is 9.59 Å². The molecule has 0 bridgehead atoms. The summed E-state index contributed by atoms with van der Waals surface area (Å²) in [7, 11) is 1.63. The van der Waals surface area contributed by atoms with Crippen molar-refractivity contribution < 1.29 is 13.9 Å². The molecule has 3 aromatic rings. The van der Waals surface area contributed by atoms with Crippen LogP contribution in [-0.2, 0) is 0 Å². The Kier molecular flexibility index (Phi) is 5.05. The second-order valence-electron chi connectivity index (χ2n) is 5.50. The summed E-state index contributed by atoms with van der Waals surface area (Å²) in [6.45, 7) is 0.652. The van der Waals surface area contributed by atoms with Crippen molar-refractivity contribution in [2.45, 2.75) is 0 Å². The number of rotatable bonds is 5. The molecule has 1 aromatic heterocycles. The molecule has 0 N–H and O–H groups in total. The van der Waals surface area contributed by atoms with Gasteiger partial charge in [-0.05, 0) is 36.4 Å². The topological polar surface area (TPSA) is 59.8 Å². The summed E-state index contributed by atoms with van der Waals surface area (Å²) in [6, 6.07) is 15.0. The molecule has 128 valence electrons. The van der Waals surface area contributed by atoms with Crippen molar-refractivity contribution in [3.05, 3.63) is 75.6 Å². The molecule has 5 nitrogen and oxygen atoms in total. The molecule has 1 heterocycles. The van der Waals surface area contributed by atoms with E-state index in [1.807, 2.05) is 0 Å². The number of likely N-dealkylation sites (N-methyl/N-ethyl adjacent to an activating group) is 1. The van der Waals surface area contributed by atoms with Crippen LogP contribution in [0.15, 0.2) is 63.8 Å². The number of amides is 1. The number of hydrogen-bond donors (Lipinski definition) is 0. The fourth-order valence-corrected chi connectivity index (χ4v) is 2.46. The summed E-state index contributed by atoms with van der Waals surface area (Å²) in [6.07, 6.45) is 0. The average molecular weight is 358 g/mol. The highest BCUT2D eigenvalue weighted by molar-refractivity contribution is 6.30. The zero-order chi connectivity index (χ0) is 17.8. The molecule has 0 aliphatic rings. The standard InChI is InChI=1S/C19H16ClNO4/c1-21(10-11-24-14-8-6-13(20)7-9-14)19(23)18-12-16(22)15-4-2-3-5-17(15)25-18/h2-9,12H,10-11H2,1H3. The first-order valence-electron chi connectivity index (χ1n) is 7.71. The zero-order valence-corrected chi connectivity index (χ0v) is 14.3. The van der Waals surface area contributed by atoms with Crippen LogP contribution in [-0.4, -0.2) is 31.0 Å². The molecule has 0 radical (unpaired) electrons. The van der Waals surface area contributed by atoms with Gasteiger partial charge in [0, 0.05) is 18.1 Å². The number of benzene rings is 2. The van der Waals surface area contributed by atoms with Crippen LogP contribution in [0.4, 0.5) is 0 Å². The van der Waals surface area contributed by atoms with E-state index in [0.717, 1.165) is 0 Å². The average Bonchev–Trinajstić information content (AvgIpc) is 2.62. The van der Waals surface area contributed by atoms with Crippen molar-refractivity contribution in [3.8, 4) is 5.75 Å². The quantitative estimate of drug-likeness (QED) is 0.700. The third-order valence-electron chi connectivity index (χ3n) is 3.70. The van der Waals surface area contributed by atoms with E-state index < -0.39 is 0 Å². The smallest absolute Gasteiger partial charge is 0.289 e. The number of fused-ring (bicyclic) bond motifs is 1. The normalized spacial score (nSPS) is 10.6. The first-order valence-corrected chi connectivity index (χ1v) is 8.09. The lowest BCUT2D eigenvalue weighted by molar-refractivity contribution is 0.0743. The minimum atomic E-state index is -0.373. The van der Waals surface area contributed by atoms with Gasteiger partial charge in [0.25, 0.3) is 5.91 Å². The molecule has 1 amide bonds. The lowest BCUT2D eigenvalue weighted by Crippen LogP contribution is -2.31. The Morgan fingerprint density at radius 3 is 2.64 bits per heavy atom. The number of hydrogen-bond acceptors (Lipinski definition) is 4. The van der Waals surface area contributed by atoms with Crippen molar-refractivity contribution in [1.29, 1.82) is 0 Å². The molecular formula is C19H16ClNO4. The van der Waals surface area contributed by atoms with E-state index in [2.05, 4.69) is 0 Å². The fraction of sp³-hybridized carbons (Fsp3) is 0.158. The Bertz CT molecular complexity index is 950. The van der Waals surface area contributed by atoms with Gasteiger partial charge in [0.15, 0.2) is 11.2 Å². The zero-order valence-electron chi connectivity index (χ0n) is 13.6. The number of carbonyl (C=O) groups is 1. The predicted octanol–water partition coefficient (Wildman–Crippen LogP) is 3.60. The maximum Gasteiger partial charge on any atom is 0.289 e. The summed E-state index contributed by atoms with van der Waals surface area (Å²) >= 11 is 5.82. The van der Waals surface area contributed by atoms with Crippen LogP contribution < -0.4 is 10.2 Å². The Balaban J connectivity index is 1.66. The van der Waals surface area contributed by atoms with Gasteiger partial charge in [-0.15, -0.1) is 0 Å². The number of nitrogens with zero attached hydrogens (tertiary/aromatic N) is 1. The summed E-state index contributed by atoms with van der Waals surface area (Å²) < 4.78 is 11.1. The SMILES string of the molecule is CN(CCOc1ccc(Cl)cc1)C(=O)c1cc(=O)c2ccccc2o1. The molecule has 0 spiro atoms. The maximum absolute atomic E-state index is 12.4. The van der Waals surface area contributed by atoms with E-state index in [1.165, 1.54) is 11.0 Å². The molecule has 6 heteroatoms. The largest absolute Gasteiger partial charge is 0.492 e. The Morgan fingerprint density at radius 2 is 1.88 bits per heavy atom. The summed E-state index contributed by atoms with van der Waals surface area (Å²) in [5.41, 5.74) is 0.153. The fourth-order valence-electron chi connectivity index (χ4n) is 2.33. The van der Waals surface area contributed by atoms with Crippen LogP contribution in [0.5, 0.6) is 5.75 Å². The predicted molar refractivity (Wildman–Crippen MR) is 96.4 cm³/mol. The van der Waals surface area contributed by atoms with Crippen LogP contribution in [0.3, 0.4) is 0 Å². The van der Waals surface area contributed by atoms with E-state index >= 15 is 0 Å². The van der Waals surface area contributed by atoms with Gasteiger partial charge in [-0.25, -0.2) is 0 Å². The number of ether oxygens (including phenoxy) is 1. The highest BCUT2D eigenvalue weighted by atomic mass is 35.5. The first kappa shape index (κ1) is 17.0. The Labute approximate surface area is 149 Å². The van der Waals surface area contributed by atoms with Gasteiger partial charge >= 0.3 is 0 Å². The lowest BCUT2D eigenvalue weighted by Gasteiger charge is -2.17. The van der Waals surface area contributed by atoms with Crippen LogP contribution in [0.25, 0.3) is 11.0 Å². The van der Waals surface area contributed by atoms with E-state index in [0.29, 0.717) is 34.9 Å². The van der Waals surface area contributed by atoms with Gasteiger partial charge in [0.2, 0.25) is 0 Å². The highest BCUT2D eigenvalue weighted by Gasteiger charge is 2.16. The molecule has 0 fully saturated rings. The lowest BCUT2D eigenvalue weighted by atomic mass is 10.2. The molecule has 2 aromatic carbocycles. The van der Waals surface area contributed by atoms with Crippen molar-refractivity contribution in [2.24, 2.45) is 0 Å². The molecule has 25 heavy (non-hydrogen) atoms. The highest BCUT2D eigenvalue weighted by Crippen LogP contribution is 2.16. The molecular weight excluding hydrogens is 342 g/mol. The van der Waals surface area contributed by atoms with Crippen molar-refractivity contribution >= 4 is 28.5 Å². The van der Waals surface area contributed by atoms with Gasteiger partial charge in [-0.1, -0.05) is 23.7 Å². The monoisotopic (exact) mass is 357 g/mol. The molecule has 3 rings (SSSR count). The van der Waals surface area contributed by atoms with Crippen molar-refractivity contribution in [1.82, 2.24) is 4.90 Å². The van der Waals surface area contributed by atoms with Crippen molar-refractivity contribution in [3.63, 3.8) is 0 Å². The minimum Gasteiger partial charge on any atom is -0.492 e. The summed E-state index contributed by atoms with van der Waals surface area (Å²) in [5.74, 6) is 0.308. The Morgan fingerprint density at radius 1 is 1.16 bits per heavy atom. The van der Waals surface area contributed by atoms with Gasteiger partial charge in [0.1, 0.15) is 17.9 Å². The molecule has 0 saturated carbocycles. The third kappa shape index (κ3) is 4.00. The molecule has 0 atom stereocenters. The maximum atomic E-state index is 12.4. The molecule has 0 saturated heterocycles. The number of para-hydroxylation sites is 1. The number of carbonyl (C=O) groups excluding carboxylic acids is 1. The van der Waals surface area contributed by atoms with Crippen LogP contribution in [0.2, 0.25) is 5.02 Å². The summed E-state index contributed by atoms with van der Waals surface area (Å²) in [5, 5.41) is 1.08. The molecule has 0 unspecified atom stereocenters. The minimum absolute atomic E-state index is 0.0118. The van der Waals surface area contributed by atoms with E-state index in [1.54, 1.807) is 55.6 Å². The van der Waals surface area contributed by atoms with E-state index in [9.17, 15) is 9.59 Å². The van der Waals surface area contributed by atoms with Gasteiger partial charge < -0.3 is 14.1 Å². The van der Waals surface area contributed by atoms with Gasteiger partial charge in [-0.2, -0.15) is 0 Å². The van der Waals surface area contributed by atoms with Crippen LogP contribution >= 0.6 is 11.6 Å². The first-order chi connectivity index (χ1) is 12.0. The second kappa shape index (κ2) is 7.40. The van der Waals surface area contributed by atoms with E-state index in [4.69, 9.17) is 20.8 Å². The second-order valence-corrected chi connectivity index (χ2v) is 5.94. The molecule has 0 aliphatic heterocycles. The number of halogens is 1. The third-order valence-corrected chi connectivity index (χ3v) is 3.95. The van der Waals surface area contributed by atoms with E-state index in [-0.39, 0.29) is 17.1 Å². The van der Waals surface area contributed by atoms with Gasteiger partial charge in [0.05, 0.1) is 11.9 Å². The Hall–Kier alpha value is -2.79. The van der Waals surface area contributed by atoms with Crippen molar-refractivity contribution in [2.75, 3.05) is 20.2 Å². The van der Waals surface area contributed by atoms with Crippen LogP contribution in [0.1, 0.15) is 10.6 Å². The summed E-state index contributed by atoms with van der Waals surface area (Å²) in [4.78, 5) is 26.0. The van der Waals surface area contributed by atoms with Crippen LogP contribution in [0, 0.1) is 0 Å².